The molecular formula is C16H18FNO. The van der Waals surface area contributed by atoms with E-state index in [0.717, 1.165) is 17.0 Å². The molecule has 0 radical (unpaired) electrons. The Hall–Kier alpha value is -2.03. The van der Waals surface area contributed by atoms with Crippen LogP contribution in [0, 0.1) is 0 Å². The summed E-state index contributed by atoms with van der Waals surface area (Å²) < 4.78 is 18.9. The van der Waals surface area contributed by atoms with Crippen molar-refractivity contribution in [2.75, 3.05) is 12.4 Å². The number of hydrogen-bond donors (Lipinski definition) is 1. The summed E-state index contributed by atoms with van der Waals surface area (Å²) in [5, 5.41) is 3.22. The fraction of sp³-hybridized carbons (Fsp3) is 0.250. The zero-order valence-corrected chi connectivity index (χ0v) is 11.1. The van der Waals surface area contributed by atoms with Gasteiger partial charge in [0.25, 0.3) is 0 Å². The number of halogens is 1. The maximum Gasteiger partial charge on any atom is 0.121 e. The summed E-state index contributed by atoms with van der Waals surface area (Å²) >= 11 is 0. The molecule has 0 spiro atoms. The second-order valence-corrected chi connectivity index (χ2v) is 4.44. The summed E-state index contributed by atoms with van der Waals surface area (Å²) in [6.45, 7) is 1.56. The van der Waals surface area contributed by atoms with Gasteiger partial charge in [0.2, 0.25) is 0 Å². The molecule has 100 valence electrons. The van der Waals surface area contributed by atoms with Crippen molar-refractivity contribution in [2.24, 2.45) is 0 Å². The molecule has 0 amide bonds. The molecule has 0 saturated heterocycles. The van der Waals surface area contributed by atoms with E-state index in [1.807, 2.05) is 54.6 Å². The van der Waals surface area contributed by atoms with Crippen molar-refractivity contribution in [1.29, 1.82) is 0 Å². The van der Waals surface area contributed by atoms with E-state index in [0.29, 0.717) is 0 Å². The highest BCUT2D eigenvalue weighted by molar-refractivity contribution is 5.48. The first-order valence-electron chi connectivity index (χ1n) is 6.30. The number of methoxy groups -OCH3 is 1. The lowest BCUT2D eigenvalue weighted by Crippen LogP contribution is -2.19. The van der Waals surface area contributed by atoms with Crippen LogP contribution < -0.4 is 10.1 Å². The predicted octanol–water partition coefficient (Wildman–Crippen LogP) is 4.21. The maximum atomic E-state index is 13.8. The van der Waals surface area contributed by atoms with Gasteiger partial charge in [-0.25, -0.2) is 4.39 Å². The zero-order valence-electron chi connectivity index (χ0n) is 11.1. The number of anilines is 1. The van der Waals surface area contributed by atoms with Crippen molar-refractivity contribution in [2.45, 2.75) is 19.1 Å². The van der Waals surface area contributed by atoms with Crippen LogP contribution in [0.25, 0.3) is 0 Å². The number of benzene rings is 2. The molecule has 0 aliphatic carbocycles. The van der Waals surface area contributed by atoms with E-state index in [2.05, 4.69) is 5.32 Å². The summed E-state index contributed by atoms with van der Waals surface area (Å²) in [6.07, 6.45) is -0.982. The molecule has 0 saturated carbocycles. The highest BCUT2D eigenvalue weighted by Crippen LogP contribution is 2.25. The van der Waals surface area contributed by atoms with Gasteiger partial charge < -0.3 is 10.1 Å². The SMILES string of the molecule is COc1ccc(N[C@H](c2ccccc2)[C@@H](C)F)cc1. The van der Waals surface area contributed by atoms with Crippen LogP contribution in [0.1, 0.15) is 18.5 Å². The standard InChI is InChI=1S/C16H18FNO/c1-12(17)16(13-6-4-3-5-7-13)18-14-8-10-15(19-2)11-9-14/h3-12,16,18H,1-2H3/t12-,16+/m1/s1. The van der Waals surface area contributed by atoms with E-state index in [-0.39, 0.29) is 6.04 Å². The average Bonchev–Trinajstić information content (AvgIpc) is 2.46. The largest absolute Gasteiger partial charge is 0.497 e. The second kappa shape index (κ2) is 6.23. The minimum Gasteiger partial charge on any atom is -0.497 e. The molecule has 0 aromatic heterocycles. The normalized spacial score (nSPS) is 13.6. The molecule has 2 nitrogen and oxygen atoms in total. The number of alkyl halides is 1. The number of ether oxygens (including phenoxy) is 1. The molecule has 2 rings (SSSR count). The monoisotopic (exact) mass is 259 g/mol. The van der Waals surface area contributed by atoms with Gasteiger partial charge in [0.1, 0.15) is 11.9 Å². The molecule has 3 heteroatoms. The molecule has 0 aliphatic rings. The van der Waals surface area contributed by atoms with E-state index in [1.54, 1.807) is 14.0 Å². The molecular weight excluding hydrogens is 241 g/mol. The Kier molecular flexibility index (Phi) is 4.39. The van der Waals surface area contributed by atoms with Crippen LogP contribution in [0.3, 0.4) is 0 Å². The van der Waals surface area contributed by atoms with E-state index < -0.39 is 6.17 Å². The van der Waals surface area contributed by atoms with E-state index >= 15 is 0 Å². The van der Waals surface area contributed by atoms with Gasteiger partial charge in [-0.2, -0.15) is 0 Å². The number of nitrogens with one attached hydrogen (secondary N) is 1. The van der Waals surface area contributed by atoms with E-state index in [9.17, 15) is 4.39 Å². The average molecular weight is 259 g/mol. The minimum absolute atomic E-state index is 0.352. The molecule has 0 fully saturated rings. The van der Waals surface area contributed by atoms with Crippen molar-refractivity contribution < 1.29 is 9.13 Å². The van der Waals surface area contributed by atoms with Gasteiger partial charge in [-0.05, 0) is 36.8 Å². The van der Waals surface area contributed by atoms with Gasteiger partial charge in [-0.1, -0.05) is 30.3 Å². The summed E-state index contributed by atoms with van der Waals surface area (Å²) in [7, 11) is 1.62. The topological polar surface area (TPSA) is 21.3 Å². The molecule has 2 aromatic carbocycles. The summed E-state index contributed by atoms with van der Waals surface area (Å²) in [5.74, 6) is 0.787. The summed E-state index contributed by atoms with van der Waals surface area (Å²) in [6, 6.07) is 16.7. The van der Waals surface area contributed by atoms with Crippen LogP contribution >= 0.6 is 0 Å². The molecule has 19 heavy (non-hydrogen) atoms. The second-order valence-electron chi connectivity index (χ2n) is 4.44. The van der Waals surface area contributed by atoms with Gasteiger partial charge in [0.05, 0.1) is 13.2 Å². The van der Waals surface area contributed by atoms with E-state index in [1.165, 1.54) is 0 Å². The van der Waals surface area contributed by atoms with Gasteiger partial charge in [-0.15, -0.1) is 0 Å². The van der Waals surface area contributed by atoms with Gasteiger partial charge >= 0.3 is 0 Å². The molecule has 0 aliphatic heterocycles. The Balaban J connectivity index is 2.17. The molecule has 2 atom stereocenters. The highest BCUT2D eigenvalue weighted by atomic mass is 19.1. The van der Waals surface area contributed by atoms with Crippen LogP contribution in [0.4, 0.5) is 10.1 Å². The van der Waals surface area contributed by atoms with Crippen LogP contribution in [0.15, 0.2) is 54.6 Å². The third kappa shape index (κ3) is 3.47. The third-order valence-corrected chi connectivity index (χ3v) is 3.03. The molecule has 0 unspecified atom stereocenters. The van der Waals surface area contributed by atoms with Crippen LogP contribution in [0.5, 0.6) is 5.75 Å². The van der Waals surface area contributed by atoms with Gasteiger partial charge in [0.15, 0.2) is 0 Å². The minimum atomic E-state index is -0.982. The molecule has 0 heterocycles. The lowest BCUT2D eigenvalue weighted by atomic mass is 10.0. The van der Waals surface area contributed by atoms with Crippen molar-refractivity contribution in [3.63, 3.8) is 0 Å². The highest BCUT2D eigenvalue weighted by Gasteiger charge is 2.18. The first-order chi connectivity index (χ1) is 9.20. The number of rotatable bonds is 5. The van der Waals surface area contributed by atoms with Crippen molar-refractivity contribution >= 4 is 5.69 Å². The van der Waals surface area contributed by atoms with Crippen molar-refractivity contribution in [3.05, 3.63) is 60.2 Å². The number of hydrogen-bond acceptors (Lipinski definition) is 2. The Morgan fingerprint density at radius 1 is 1.00 bits per heavy atom. The Labute approximate surface area is 113 Å². The Morgan fingerprint density at radius 2 is 1.63 bits per heavy atom. The maximum absolute atomic E-state index is 13.8. The first-order valence-corrected chi connectivity index (χ1v) is 6.30. The van der Waals surface area contributed by atoms with Crippen LogP contribution in [-0.2, 0) is 0 Å². The van der Waals surface area contributed by atoms with Crippen LogP contribution in [-0.4, -0.2) is 13.3 Å². The first kappa shape index (κ1) is 13.4. The fourth-order valence-corrected chi connectivity index (χ4v) is 1.99. The zero-order chi connectivity index (χ0) is 13.7. The summed E-state index contributed by atoms with van der Waals surface area (Å²) in [4.78, 5) is 0. The quantitative estimate of drug-likeness (QED) is 0.868. The Morgan fingerprint density at radius 3 is 2.16 bits per heavy atom. The lowest BCUT2D eigenvalue weighted by Gasteiger charge is -2.21. The lowest BCUT2D eigenvalue weighted by molar-refractivity contribution is 0.322. The summed E-state index contributed by atoms with van der Waals surface area (Å²) in [5.41, 5.74) is 1.81. The molecule has 2 aromatic rings. The predicted molar refractivity (Wildman–Crippen MR) is 76.4 cm³/mol. The third-order valence-electron chi connectivity index (χ3n) is 3.03. The molecule has 0 bridgehead atoms. The van der Waals surface area contributed by atoms with Crippen molar-refractivity contribution in [1.82, 2.24) is 0 Å². The molecule has 1 N–H and O–H groups in total. The fourth-order valence-electron chi connectivity index (χ4n) is 1.99. The smallest absolute Gasteiger partial charge is 0.121 e. The van der Waals surface area contributed by atoms with E-state index in [4.69, 9.17) is 4.74 Å². The Bertz CT molecular complexity index is 496. The van der Waals surface area contributed by atoms with Gasteiger partial charge in [-0.3, -0.25) is 0 Å². The van der Waals surface area contributed by atoms with Crippen molar-refractivity contribution in [3.8, 4) is 5.75 Å². The van der Waals surface area contributed by atoms with Crippen LogP contribution in [0.2, 0.25) is 0 Å². The van der Waals surface area contributed by atoms with Gasteiger partial charge in [0, 0.05) is 5.69 Å².